The minimum atomic E-state index is 0.448. The Bertz CT molecular complexity index is 464. The summed E-state index contributed by atoms with van der Waals surface area (Å²) in [7, 11) is 1.66. The van der Waals surface area contributed by atoms with Gasteiger partial charge in [0.2, 0.25) is 0 Å². The molecule has 0 saturated carbocycles. The molecule has 74 valence electrons. The molecule has 0 radical (unpaired) electrons. The van der Waals surface area contributed by atoms with Crippen LogP contribution in [0.25, 0.3) is 10.1 Å². The first-order valence-electron chi connectivity index (χ1n) is 4.07. The average Bonchev–Trinajstić information content (AvgIpc) is 2.54. The lowest BCUT2D eigenvalue weighted by molar-refractivity contribution is 0.424. The van der Waals surface area contributed by atoms with Crippen LogP contribution in [-0.4, -0.2) is 7.11 Å². The van der Waals surface area contributed by atoms with E-state index in [0.717, 1.165) is 25.7 Å². The molecule has 1 heterocycles. The SMILES string of the molecule is COc1sc2ccc(Cl)cc2c1CCl. The summed E-state index contributed by atoms with van der Waals surface area (Å²) in [4.78, 5) is 0. The van der Waals surface area contributed by atoms with Crippen LogP contribution < -0.4 is 4.74 Å². The number of alkyl halides is 1. The summed E-state index contributed by atoms with van der Waals surface area (Å²) in [5, 5.41) is 2.69. The molecule has 14 heavy (non-hydrogen) atoms. The molecular weight excluding hydrogens is 239 g/mol. The van der Waals surface area contributed by atoms with Gasteiger partial charge in [-0.1, -0.05) is 22.9 Å². The van der Waals surface area contributed by atoms with Crippen molar-refractivity contribution in [1.82, 2.24) is 0 Å². The largest absolute Gasteiger partial charge is 0.487 e. The van der Waals surface area contributed by atoms with Gasteiger partial charge in [0.05, 0.1) is 13.0 Å². The topological polar surface area (TPSA) is 9.23 Å². The van der Waals surface area contributed by atoms with Crippen molar-refractivity contribution in [2.24, 2.45) is 0 Å². The van der Waals surface area contributed by atoms with Crippen LogP contribution in [-0.2, 0) is 5.88 Å². The number of benzene rings is 1. The number of methoxy groups -OCH3 is 1. The average molecular weight is 247 g/mol. The third kappa shape index (κ3) is 1.58. The van der Waals surface area contributed by atoms with Crippen LogP contribution >= 0.6 is 34.5 Å². The first-order valence-corrected chi connectivity index (χ1v) is 5.80. The summed E-state index contributed by atoms with van der Waals surface area (Å²) >= 11 is 13.4. The molecule has 0 unspecified atom stereocenters. The lowest BCUT2D eigenvalue weighted by atomic mass is 10.2. The fourth-order valence-electron chi connectivity index (χ4n) is 1.39. The predicted octanol–water partition coefficient (Wildman–Crippen LogP) is 4.30. The van der Waals surface area contributed by atoms with E-state index < -0.39 is 0 Å². The lowest BCUT2D eigenvalue weighted by Gasteiger charge is -1.97. The number of hydrogen-bond acceptors (Lipinski definition) is 2. The molecule has 2 rings (SSSR count). The molecule has 1 nitrogen and oxygen atoms in total. The van der Waals surface area contributed by atoms with Crippen LogP contribution in [0.3, 0.4) is 0 Å². The van der Waals surface area contributed by atoms with E-state index in [1.54, 1.807) is 18.4 Å². The number of thiophene rings is 1. The number of halogens is 2. The van der Waals surface area contributed by atoms with Crippen molar-refractivity contribution in [3.05, 3.63) is 28.8 Å². The summed E-state index contributed by atoms with van der Waals surface area (Å²) < 4.78 is 6.41. The molecule has 0 N–H and O–H groups in total. The van der Waals surface area contributed by atoms with Gasteiger partial charge in [0, 0.05) is 20.7 Å². The monoisotopic (exact) mass is 246 g/mol. The van der Waals surface area contributed by atoms with Crippen molar-refractivity contribution in [3.63, 3.8) is 0 Å². The van der Waals surface area contributed by atoms with Gasteiger partial charge in [0.1, 0.15) is 0 Å². The summed E-state index contributed by atoms with van der Waals surface area (Å²) in [6.45, 7) is 0. The molecule has 0 spiro atoms. The molecule has 1 aromatic carbocycles. The Labute approximate surface area is 96.2 Å². The van der Waals surface area contributed by atoms with Crippen LogP contribution in [0.2, 0.25) is 5.02 Å². The smallest absolute Gasteiger partial charge is 0.179 e. The molecule has 0 amide bonds. The molecule has 0 aliphatic carbocycles. The molecule has 0 aliphatic rings. The highest BCUT2D eigenvalue weighted by molar-refractivity contribution is 7.21. The minimum Gasteiger partial charge on any atom is -0.487 e. The Hall–Kier alpha value is -0.440. The molecular formula is C10H8Cl2OS. The Morgan fingerprint density at radius 1 is 1.43 bits per heavy atom. The molecule has 1 aromatic heterocycles. The van der Waals surface area contributed by atoms with Gasteiger partial charge in [-0.15, -0.1) is 11.6 Å². The van der Waals surface area contributed by atoms with E-state index in [1.807, 2.05) is 18.2 Å². The number of hydrogen-bond donors (Lipinski definition) is 0. The van der Waals surface area contributed by atoms with Crippen LogP contribution in [0.1, 0.15) is 5.56 Å². The highest BCUT2D eigenvalue weighted by Gasteiger charge is 2.11. The zero-order chi connectivity index (χ0) is 10.1. The molecule has 2 aromatic rings. The van der Waals surface area contributed by atoms with Crippen LogP contribution in [0.4, 0.5) is 0 Å². The van der Waals surface area contributed by atoms with E-state index in [4.69, 9.17) is 27.9 Å². The Morgan fingerprint density at radius 3 is 2.86 bits per heavy atom. The maximum atomic E-state index is 5.92. The Kier molecular flexibility index (Phi) is 2.86. The van der Waals surface area contributed by atoms with Crippen molar-refractivity contribution in [2.45, 2.75) is 5.88 Å². The molecule has 4 heteroatoms. The highest BCUT2D eigenvalue weighted by atomic mass is 35.5. The normalized spacial score (nSPS) is 10.8. The predicted molar refractivity (Wildman–Crippen MR) is 62.9 cm³/mol. The fraction of sp³-hybridized carbons (Fsp3) is 0.200. The van der Waals surface area contributed by atoms with Crippen molar-refractivity contribution >= 4 is 44.6 Å². The van der Waals surface area contributed by atoms with Crippen molar-refractivity contribution in [2.75, 3.05) is 7.11 Å². The Morgan fingerprint density at radius 2 is 2.21 bits per heavy atom. The first kappa shape index (κ1) is 10.1. The second-order valence-corrected chi connectivity index (χ2v) is 4.56. The molecule has 0 saturated heterocycles. The molecule has 0 bridgehead atoms. The zero-order valence-electron chi connectivity index (χ0n) is 7.51. The summed E-state index contributed by atoms with van der Waals surface area (Å²) in [5.41, 5.74) is 1.02. The van der Waals surface area contributed by atoms with Crippen molar-refractivity contribution < 1.29 is 4.74 Å². The summed E-state index contributed by atoms with van der Waals surface area (Å²) in [5.74, 6) is 0.448. The highest BCUT2D eigenvalue weighted by Crippen LogP contribution is 2.39. The van der Waals surface area contributed by atoms with E-state index in [0.29, 0.717) is 5.88 Å². The second kappa shape index (κ2) is 3.97. The standard InChI is InChI=1S/C10H8Cl2OS/c1-13-10-8(5-11)7-4-6(12)2-3-9(7)14-10/h2-4H,5H2,1H3. The van der Waals surface area contributed by atoms with Crippen LogP contribution in [0.15, 0.2) is 18.2 Å². The zero-order valence-corrected chi connectivity index (χ0v) is 9.84. The summed E-state index contributed by atoms with van der Waals surface area (Å²) in [6, 6.07) is 5.78. The van der Waals surface area contributed by atoms with Gasteiger partial charge in [-0.2, -0.15) is 0 Å². The maximum absolute atomic E-state index is 5.92. The van der Waals surface area contributed by atoms with Gasteiger partial charge >= 0.3 is 0 Å². The van der Waals surface area contributed by atoms with Crippen LogP contribution in [0, 0.1) is 0 Å². The van der Waals surface area contributed by atoms with E-state index in [-0.39, 0.29) is 0 Å². The van der Waals surface area contributed by atoms with E-state index in [9.17, 15) is 0 Å². The third-order valence-corrected chi connectivity index (χ3v) is 3.71. The number of fused-ring (bicyclic) bond motifs is 1. The number of ether oxygens (including phenoxy) is 1. The van der Waals surface area contributed by atoms with Gasteiger partial charge in [0.25, 0.3) is 0 Å². The van der Waals surface area contributed by atoms with Gasteiger partial charge in [-0.05, 0) is 18.2 Å². The fourth-order valence-corrected chi connectivity index (χ4v) is 2.92. The number of rotatable bonds is 2. The third-order valence-electron chi connectivity index (χ3n) is 2.03. The maximum Gasteiger partial charge on any atom is 0.179 e. The van der Waals surface area contributed by atoms with Crippen LogP contribution in [0.5, 0.6) is 5.06 Å². The molecule has 0 aliphatic heterocycles. The minimum absolute atomic E-state index is 0.448. The van der Waals surface area contributed by atoms with Crippen molar-refractivity contribution in [3.8, 4) is 5.06 Å². The van der Waals surface area contributed by atoms with E-state index in [1.165, 1.54) is 0 Å². The first-order chi connectivity index (χ1) is 6.76. The van der Waals surface area contributed by atoms with Gasteiger partial charge in [-0.3, -0.25) is 0 Å². The lowest BCUT2D eigenvalue weighted by Crippen LogP contribution is -1.82. The van der Waals surface area contributed by atoms with E-state index in [2.05, 4.69) is 0 Å². The quantitative estimate of drug-likeness (QED) is 0.719. The summed E-state index contributed by atoms with van der Waals surface area (Å²) in [6.07, 6.45) is 0. The van der Waals surface area contributed by atoms with Gasteiger partial charge in [0.15, 0.2) is 5.06 Å². The molecule has 0 fully saturated rings. The Balaban J connectivity index is 2.74. The van der Waals surface area contributed by atoms with Gasteiger partial charge < -0.3 is 4.74 Å². The second-order valence-electron chi connectivity index (χ2n) is 2.85. The molecule has 0 atom stereocenters. The van der Waals surface area contributed by atoms with Crippen molar-refractivity contribution in [1.29, 1.82) is 0 Å². The van der Waals surface area contributed by atoms with Gasteiger partial charge in [-0.25, -0.2) is 0 Å². The van der Waals surface area contributed by atoms with E-state index >= 15 is 0 Å².